The molecule has 1 aromatic carbocycles. The summed E-state index contributed by atoms with van der Waals surface area (Å²) in [5.74, 6) is 1.33. The van der Waals surface area contributed by atoms with E-state index < -0.39 is 5.60 Å². The average molecular weight is 294 g/mol. The fourth-order valence-electron chi connectivity index (χ4n) is 3.08. The van der Waals surface area contributed by atoms with Crippen LogP contribution in [-0.4, -0.2) is 28.2 Å². The summed E-state index contributed by atoms with van der Waals surface area (Å²) in [6, 6.07) is 10.4. The standard InChI is InChI=1S/C16H22O3S/c1-15(17)9-8-12-10-14(15)18-19-16(12,2)11-20-13-6-4-3-5-7-13/h3-7,12,14,17H,8-11H2,1-2H3/t12?,14?,15-,16?/m1/s1. The quantitative estimate of drug-likeness (QED) is 0.685. The molecule has 2 bridgehead atoms. The molecule has 1 aliphatic heterocycles. The van der Waals surface area contributed by atoms with E-state index in [1.165, 1.54) is 4.90 Å². The Morgan fingerprint density at radius 2 is 2.05 bits per heavy atom. The molecule has 0 spiro atoms. The van der Waals surface area contributed by atoms with E-state index in [-0.39, 0.29) is 11.7 Å². The highest BCUT2D eigenvalue weighted by Gasteiger charge is 2.51. The van der Waals surface area contributed by atoms with E-state index in [2.05, 4.69) is 31.2 Å². The Balaban J connectivity index is 1.65. The van der Waals surface area contributed by atoms with Gasteiger partial charge >= 0.3 is 0 Å². The molecule has 0 radical (unpaired) electrons. The SMILES string of the molecule is CC1(CSc2ccccc2)OOC2CC1CC[C@@]2(C)O. The second-order valence-electron chi connectivity index (χ2n) is 6.41. The summed E-state index contributed by atoms with van der Waals surface area (Å²) in [5.41, 5.74) is -1.02. The minimum absolute atomic E-state index is 0.184. The maximum atomic E-state index is 10.3. The molecule has 0 aromatic heterocycles. The molecule has 1 heterocycles. The van der Waals surface area contributed by atoms with Crippen LogP contribution in [0, 0.1) is 5.92 Å². The minimum atomic E-state index is -0.746. The first-order valence-corrected chi connectivity index (χ1v) is 8.23. The van der Waals surface area contributed by atoms with Crippen LogP contribution in [-0.2, 0) is 9.78 Å². The van der Waals surface area contributed by atoms with Crippen LogP contribution < -0.4 is 0 Å². The molecule has 20 heavy (non-hydrogen) atoms. The van der Waals surface area contributed by atoms with Crippen molar-refractivity contribution in [3.05, 3.63) is 30.3 Å². The number of benzene rings is 1. The lowest BCUT2D eigenvalue weighted by molar-refractivity contribution is -0.441. The smallest absolute Gasteiger partial charge is 0.122 e. The first kappa shape index (κ1) is 14.4. The summed E-state index contributed by atoms with van der Waals surface area (Å²) in [5, 5.41) is 10.3. The average Bonchev–Trinajstić information content (AvgIpc) is 2.45. The van der Waals surface area contributed by atoms with Gasteiger partial charge in [0, 0.05) is 10.6 Å². The molecule has 3 nitrogen and oxygen atoms in total. The Morgan fingerprint density at radius 3 is 2.80 bits per heavy atom. The van der Waals surface area contributed by atoms with E-state index in [1.54, 1.807) is 11.8 Å². The molecular formula is C16H22O3S. The summed E-state index contributed by atoms with van der Waals surface area (Å²) in [7, 11) is 0. The van der Waals surface area contributed by atoms with E-state index in [0.717, 1.165) is 25.0 Å². The first-order valence-electron chi connectivity index (χ1n) is 7.24. The van der Waals surface area contributed by atoms with Crippen LogP contribution in [0.3, 0.4) is 0 Å². The summed E-state index contributed by atoms with van der Waals surface area (Å²) in [4.78, 5) is 12.5. The monoisotopic (exact) mass is 294 g/mol. The van der Waals surface area contributed by atoms with Crippen molar-refractivity contribution in [3.8, 4) is 0 Å². The van der Waals surface area contributed by atoms with Crippen molar-refractivity contribution in [3.63, 3.8) is 0 Å². The predicted octanol–water partition coefficient (Wildman–Crippen LogP) is 3.42. The van der Waals surface area contributed by atoms with Gasteiger partial charge in [0.15, 0.2) is 0 Å². The summed E-state index contributed by atoms with van der Waals surface area (Å²) in [6.45, 7) is 3.97. The molecule has 3 rings (SSSR count). The number of rotatable bonds is 3. The molecule has 110 valence electrons. The molecule has 1 aliphatic carbocycles. The third kappa shape index (κ3) is 2.75. The minimum Gasteiger partial charge on any atom is -0.387 e. The zero-order valence-corrected chi connectivity index (χ0v) is 12.9. The third-order valence-electron chi connectivity index (χ3n) is 4.68. The van der Waals surface area contributed by atoms with Crippen LogP contribution in [0.4, 0.5) is 0 Å². The number of thioether (sulfide) groups is 1. The molecule has 2 aliphatic rings. The molecule has 1 aromatic rings. The lowest BCUT2D eigenvalue weighted by Gasteiger charge is -2.50. The second kappa shape index (κ2) is 5.34. The summed E-state index contributed by atoms with van der Waals surface area (Å²) >= 11 is 1.80. The first-order chi connectivity index (χ1) is 9.50. The number of aliphatic hydroxyl groups is 1. The van der Waals surface area contributed by atoms with Gasteiger partial charge in [-0.1, -0.05) is 18.2 Å². The van der Waals surface area contributed by atoms with Gasteiger partial charge in [-0.25, -0.2) is 9.78 Å². The molecule has 0 amide bonds. The highest BCUT2D eigenvalue weighted by molar-refractivity contribution is 7.99. The highest BCUT2D eigenvalue weighted by atomic mass is 32.2. The van der Waals surface area contributed by atoms with Gasteiger partial charge in [-0.15, -0.1) is 11.8 Å². The van der Waals surface area contributed by atoms with Crippen molar-refractivity contribution in [1.82, 2.24) is 0 Å². The van der Waals surface area contributed by atoms with Crippen molar-refractivity contribution < 1.29 is 14.9 Å². The maximum absolute atomic E-state index is 10.3. The van der Waals surface area contributed by atoms with Crippen molar-refractivity contribution in [1.29, 1.82) is 0 Å². The van der Waals surface area contributed by atoms with Crippen molar-refractivity contribution in [2.45, 2.75) is 55.3 Å². The van der Waals surface area contributed by atoms with Gasteiger partial charge < -0.3 is 5.11 Å². The van der Waals surface area contributed by atoms with Gasteiger partial charge in [0.2, 0.25) is 0 Å². The number of fused-ring (bicyclic) bond motifs is 2. The van der Waals surface area contributed by atoms with E-state index in [1.807, 2.05) is 13.0 Å². The number of hydrogen-bond donors (Lipinski definition) is 1. The topological polar surface area (TPSA) is 38.7 Å². The van der Waals surface area contributed by atoms with Crippen LogP contribution in [0.2, 0.25) is 0 Å². The Labute approximate surface area is 124 Å². The fraction of sp³-hybridized carbons (Fsp3) is 0.625. The molecule has 2 fully saturated rings. The third-order valence-corrected chi connectivity index (χ3v) is 6.00. The molecule has 1 N–H and O–H groups in total. The Kier molecular flexibility index (Phi) is 3.84. The molecular weight excluding hydrogens is 272 g/mol. The molecule has 1 saturated heterocycles. The van der Waals surface area contributed by atoms with E-state index in [9.17, 15) is 5.11 Å². The van der Waals surface area contributed by atoms with Crippen LogP contribution in [0.25, 0.3) is 0 Å². The van der Waals surface area contributed by atoms with E-state index in [0.29, 0.717) is 5.92 Å². The lowest BCUT2D eigenvalue weighted by atomic mass is 9.71. The summed E-state index contributed by atoms with van der Waals surface area (Å²) < 4.78 is 0. The Morgan fingerprint density at radius 1 is 1.30 bits per heavy atom. The van der Waals surface area contributed by atoms with Crippen LogP contribution in [0.1, 0.15) is 33.1 Å². The predicted molar refractivity (Wildman–Crippen MR) is 79.5 cm³/mol. The van der Waals surface area contributed by atoms with Gasteiger partial charge in [-0.2, -0.15) is 0 Å². The highest BCUT2D eigenvalue weighted by Crippen LogP contribution is 2.46. The fourth-order valence-corrected chi connectivity index (χ4v) is 4.16. The van der Waals surface area contributed by atoms with Gasteiger partial charge in [0.05, 0.1) is 5.60 Å². The van der Waals surface area contributed by atoms with Gasteiger partial charge in [0.1, 0.15) is 11.7 Å². The van der Waals surface area contributed by atoms with Crippen LogP contribution >= 0.6 is 11.8 Å². The van der Waals surface area contributed by atoms with E-state index in [4.69, 9.17) is 9.78 Å². The van der Waals surface area contributed by atoms with E-state index >= 15 is 0 Å². The van der Waals surface area contributed by atoms with Crippen molar-refractivity contribution in [2.24, 2.45) is 5.92 Å². The molecule has 1 saturated carbocycles. The normalized spacial score (nSPS) is 40.5. The second-order valence-corrected chi connectivity index (χ2v) is 7.46. The summed E-state index contributed by atoms with van der Waals surface area (Å²) in [6.07, 6.45) is 2.49. The Hall–Kier alpha value is -0.550. The Bertz CT molecular complexity index is 462. The maximum Gasteiger partial charge on any atom is 0.122 e. The zero-order valence-electron chi connectivity index (χ0n) is 12.0. The number of hydrogen-bond acceptors (Lipinski definition) is 4. The van der Waals surface area contributed by atoms with Gasteiger partial charge in [-0.05, 0) is 51.2 Å². The van der Waals surface area contributed by atoms with Gasteiger partial charge in [0.25, 0.3) is 0 Å². The molecule has 4 atom stereocenters. The van der Waals surface area contributed by atoms with Crippen molar-refractivity contribution >= 4 is 11.8 Å². The lowest BCUT2D eigenvalue weighted by Crippen LogP contribution is -2.57. The molecule has 3 unspecified atom stereocenters. The molecule has 4 heteroatoms. The van der Waals surface area contributed by atoms with Crippen LogP contribution in [0.5, 0.6) is 0 Å². The van der Waals surface area contributed by atoms with Crippen molar-refractivity contribution in [2.75, 3.05) is 5.75 Å². The zero-order chi connectivity index (χ0) is 14.2. The van der Waals surface area contributed by atoms with Gasteiger partial charge in [-0.3, -0.25) is 0 Å². The van der Waals surface area contributed by atoms with Crippen LogP contribution in [0.15, 0.2) is 35.2 Å². The largest absolute Gasteiger partial charge is 0.387 e.